The highest BCUT2D eigenvalue weighted by Gasteiger charge is 2.52. The predicted octanol–water partition coefficient (Wildman–Crippen LogP) is 5.95. The second kappa shape index (κ2) is 6.29. The van der Waals surface area contributed by atoms with Gasteiger partial charge in [-0.15, -0.1) is 0 Å². The molecule has 0 aliphatic carbocycles. The molecule has 1 unspecified atom stereocenters. The van der Waals surface area contributed by atoms with E-state index in [2.05, 4.69) is 0 Å². The van der Waals surface area contributed by atoms with Gasteiger partial charge in [0.2, 0.25) is 0 Å². The summed E-state index contributed by atoms with van der Waals surface area (Å²) in [5.41, 5.74) is 1.98. The minimum atomic E-state index is -2.13. The van der Waals surface area contributed by atoms with Crippen molar-refractivity contribution in [3.05, 3.63) is 66.7 Å². The summed E-state index contributed by atoms with van der Waals surface area (Å²) < 4.78 is 7.46. The number of fused-ring (bicyclic) bond motifs is 2. The SMILES string of the molecule is CCn1c(C)c(C2(O)OC(=O)c3c(Cl)c(Cl)c(Cl)c(Cl)c32)c2ccccc21. The van der Waals surface area contributed by atoms with Crippen LogP contribution in [0.3, 0.4) is 0 Å². The second-order valence-corrected chi connectivity index (χ2v) is 7.77. The van der Waals surface area contributed by atoms with Gasteiger partial charge in [-0.1, -0.05) is 64.6 Å². The largest absolute Gasteiger partial charge is 0.420 e. The fraction of sp³-hybridized carbons (Fsp3) is 0.211. The van der Waals surface area contributed by atoms with Crippen LogP contribution in [0.5, 0.6) is 0 Å². The van der Waals surface area contributed by atoms with Crippen molar-refractivity contribution in [1.29, 1.82) is 0 Å². The highest BCUT2D eigenvalue weighted by molar-refractivity contribution is 6.53. The molecule has 4 nitrogen and oxygen atoms in total. The van der Waals surface area contributed by atoms with E-state index in [0.29, 0.717) is 12.1 Å². The molecule has 27 heavy (non-hydrogen) atoms. The van der Waals surface area contributed by atoms with Crippen molar-refractivity contribution in [3.8, 4) is 0 Å². The molecule has 1 aliphatic heterocycles. The first-order chi connectivity index (χ1) is 12.7. The lowest BCUT2D eigenvalue weighted by atomic mass is 9.93. The van der Waals surface area contributed by atoms with Gasteiger partial charge in [0.15, 0.2) is 0 Å². The number of carbonyl (C=O) groups is 1. The lowest BCUT2D eigenvalue weighted by Gasteiger charge is -2.24. The first-order valence-electron chi connectivity index (χ1n) is 8.14. The number of hydrogen-bond donors (Lipinski definition) is 1. The Kier molecular flexibility index (Phi) is 4.41. The molecule has 2 heterocycles. The summed E-state index contributed by atoms with van der Waals surface area (Å²) in [5.74, 6) is -2.95. The molecule has 1 atom stereocenters. The minimum absolute atomic E-state index is 0.00988. The van der Waals surface area contributed by atoms with Crippen LogP contribution in [0.4, 0.5) is 0 Å². The highest BCUT2D eigenvalue weighted by Crippen LogP contribution is 2.53. The molecule has 140 valence electrons. The van der Waals surface area contributed by atoms with E-state index in [1.165, 1.54) is 0 Å². The first kappa shape index (κ1) is 18.9. The smallest absolute Gasteiger partial charge is 0.343 e. The van der Waals surface area contributed by atoms with Crippen LogP contribution >= 0.6 is 46.4 Å². The van der Waals surface area contributed by atoms with Crippen molar-refractivity contribution in [2.75, 3.05) is 0 Å². The summed E-state index contributed by atoms with van der Waals surface area (Å²) >= 11 is 24.9. The van der Waals surface area contributed by atoms with Crippen molar-refractivity contribution in [3.63, 3.8) is 0 Å². The van der Waals surface area contributed by atoms with Gasteiger partial charge in [-0.25, -0.2) is 4.79 Å². The monoisotopic (exact) mass is 443 g/mol. The molecule has 3 aromatic rings. The lowest BCUT2D eigenvalue weighted by molar-refractivity contribution is -0.128. The normalized spacial score (nSPS) is 18.9. The van der Waals surface area contributed by atoms with Crippen molar-refractivity contribution < 1.29 is 14.6 Å². The number of aryl methyl sites for hydroxylation is 1. The van der Waals surface area contributed by atoms with Gasteiger partial charge in [-0.05, 0) is 19.9 Å². The average Bonchev–Trinajstić information content (AvgIpc) is 3.08. The Morgan fingerprint density at radius 2 is 1.67 bits per heavy atom. The number of halogens is 4. The third-order valence-corrected chi connectivity index (χ3v) is 6.74. The molecule has 4 rings (SSSR count). The molecule has 0 saturated heterocycles. The number of nitrogens with zero attached hydrogens (tertiary/aromatic N) is 1. The second-order valence-electron chi connectivity index (χ2n) is 6.26. The summed E-state index contributed by atoms with van der Waals surface area (Å²) in [4.78, 5) is 12.6. The number of carbonyl (C=O) groups excluding carboxylic acids is 1. The molecule has 2 aromatic carbocycles. The van der Waals surface area contributed by atoms with Crippen LogP contribution in [-0.4, -0.2) is 15.6 Å². The molecule has 0 amide bonds. The zero-order chi connectivity index (χ0) is 19.7. The molecule has 0 spiro atoms. The summed E-state index contributed by atoms with van der Waals surface area (Å²) in [5, 5.41) is 12.1. The van der Waals surface area contributed by atoms with E-state index in [4.69, 9.17) is 51.1 Å². The van der Waals surface area contributed by atoms with Crippen LogP contribution in [0.1, 0.15) is 34.1 Å². The fourth-order valence-electron chi connectivity index (χ4n) is 3.82. The third kappa shape index (κ3) is 2.38. The van der Waals surface area contributed by atoms with Gasteiger partial charge in [-0.3, -0.25) is 0 Å². The van der Waals surface area contributed by atoms with Crippen molar-refractivity contribution in [2.45, 2.75) is 26.2 Å². The fourth-order valence-corrected chi connectivity index (χ4v) is 4.88. The maximum atomic E-state index is 12.6. The average molecular weight is 445 g/mol. The molecular formula is C19H13Cl4NO3. The minimum Gasteiger partial charge on any atom is -0.420 e. The molecule has 0 saturated carbocycles. The summed E-state index contributed by atoms with van der Waals surface area (Å²) in [6, 6.07) is 7.52. The van der Waals surface area contributed by atoms with Gasteiger partial charge in [0, 0.05) is 23.1 Å². The van der Waals surface area contributed by atoms with Crippen LogP contribution in [0.25, 0.3) is 10.9 Å². The van der Waals surface area contributed by atoms with Crippen LogP contribution in [-0.2, 0) is 17.1 Å². The van der Waals surface area contributed by atoms with Crippen molar-refractivity contribution in [1.82, 2.24) is 4.57 Å². The van der Waals surface area contributed by atoms with Crippen molar-refractivity contribution in [2.24, 2.45) is 0 Å². The van der Waals surface area contributed by atoms with E-state index in [0.717, 1.165) is 16.6 Å². The van der Waals surface area contributed by atoms with Gasteiger partial charge in [0.05, 0.1) is 36.8 Å². The molecule has 0 radical (unpaired) electrons. The summed E-state index contributed by atoms with van der Waals surface area (Å²) in [6.07, 6.45) is 0. The van der Waals surface area contributed by atoms with Crippen LogP contribution in [0.2, 0.25) is 20.1 Å². The van der Waals surface area contributed by atoms with Gasteiger partial charge in [0.1, 0.15) is 0 Å². The van der Waals surface area contributed by atoms with Crippen molar-refractivity contribution >= 4 is 63.3 Å². The zero-order valence-corrected chi connectivity index (χ0v) is 17.3. The predicted molar refractivity (Wildman–Crippen MR) is 107 cm³/mol. The van der Waals surface area contributed by atoms with E-state index >= 15 is 0 Å². The summed E-state index contributed by atoms with van der Waals surface area (Å²) in [7, 11) is 0. The standard InChI is InChI=1S/C19H13Cl4NO3/c1-3-24-8(2)12(9-6-4-5-7-10(9)24)19(26)13-11(18(25)27-19)14(20)16(22)17(23)15(13)21/h4-7,26H,3H2,1-2H3. The molecule has 1 N–H and O–H groups in total. The number of para-hydroxylation sites is 1. The Morgan fingerprint density at radius 3 is 2.33 bits per heavy atom. The molecule has 0 bridgehead atoms. The molecule has 0 fully saturated rings. The number of aromatic nitrogens is 1. The van der Waals surface area contributed by atoms with Gasteiger partial charge in [0.25, 0.3) is 5.79 Å². The maximum Gasteiger partial charge on any atom is 0.343 e. The Hall–Kier alpha value is -1.43. The molecule has 8 heteroatoms. The van der Waals surface area contributed by atoms with E-state index < -0.39 is 11.8 Å². The van der Waals surface area contributed by atoms with E-state index in [1.54, 1.807) is 0 Å². The molecular weight excluding hydrogens is 432 g/mol. The number of rotatable bonds is 2. The number of benzene rings is 2. The Labute approximate surface area is 175 Å². The van der Waals surface area contributed by atoms with Gasteiger partial charge >= 0.3 is 5.97 Å². The molecule has 1 aliphatic rings. The Balaban J connectivity index is 2.15. The first-order valence-corrected chi connectivity index (χ1v) is 9.65. The number of esters is 1. The topological polar surface area (TPSA) is 51.5 Å². The number of aliphatic hydroxyl groups is 1. The van der Waals surface area contributed by atoms with Crippen LogP contribution < -0.4 is 0 Å². The number of ether oxygens (including phenoxy) is 1. The zero-order valence-electron chi connectivity index (χ0n) is 14.2. The van der Waals surface area contributed by atoms with E-state index in [9.17, 15) is 9.90 Å². The van der Waals surface area contributed by atoms with E-state index in [1.807, 2.05) is 42.7 Å². The van der Waals surface area contributed by atoms with Gasteiger partial charge in [-0.2, -0.15) is 0 Å². The summed E-state index contributed by atoms with van der Waals surface area (Å²) in [6.45, 7) is 4.50. The van der Waals surface area contributed by atoms with Gasteiger partial charge < -0.3 is 14.4 Å². The Morgan fingerprint density at radius 1 is 1.04 bits per heavy atom. The molecule has 1 aromatic heterocycles. The third-order valence-electron chi connectivity index (χ3n) is 4.94. The number of hydrogen-bond acceptors (Lipinski definition) is 3. The van der Waals surface area contributed by atoms with Crippen LogP contribution in [0, 0.1) is 6.92 Å². The lowest BCUT2D eigenvalue weighted by Crippen LogP contribution is -2.28. The van der Waals surface area contributed by atoms with Crippen LogP contribution in [0.15, 0.2) is 24.3 Å². The quantitative estimate of drug-likeness (QED) is 0.302. The maximum absolute atomic E-state index is 12.6. The number of cyclic esters (lactones) is 1. The van der Waals surface area contributed by atoms with E-state index in [-0.39, 0.29) is 31.2 Å². The Bertz CT molecular complexity index is 1140. The highest BCUT2D eigenvalue weighted by atomic mass is 35.5.